The number of hydrogen-bond donors (Lipinski definition) is 1. The summed E-state index contributed by atoms with van der Waals surface area (Å²) in [5, 5.41) is -0.286. The third kappa shape index (κ3) is 4.86. The highest BCUT2D eigenvalue weighted by Gasteiger charge is 2.25. The maximum Gasteiger partial charge on any atom is 0.282 e. The molecule has 156 valence electrons. The first kappa shape index (κ1) is 21.9. The van der Waals surface area contributed by atoms with Crippen LogP contribution in [0.15, 0.2) is 85.6 Å². The fourth-order valence-corrected chi connectivity index (χ4v) is 4.73. The van der Waals surface area contributed by atoms with E-state index in [2.05, 4.69) is 9.12 Å². The molecule has 3 rings (SSSR count). The van der Waals surface area contributed by atoms with Gasteiger partial charge in [-0.15, -0.1) is 0 Å². The largest absolute Gasteiger partial charge is 0.288 e. The second kappa shape index (κ2) is 8.17. The maximum absolute atomic E-state index is 12.7. The number of allylic oxidation sites excluding steroid dienone is 3. The van der Waals surface area contributed by atoms with Crippen LogP contribution in [0.2, 0.25) is 0 Å². The Morgan fingerprint density at radius 2 is 1.30 bits per heavy atom. The molecule has 30 heavy (non-hydrogen) atoms. The number of sulfonamides is 2. The monoisotopic (exact) mass is 464 g/mol. The predicted molar refractivity (Wildman–Crippen MR) is 114 cm³/mol. The second-order valence-electron chi connectivity index (χ2n) is 6.60. The summed E-state index contributed by atoms with van der Waals surface area (Å²) in [4.78, 5) is 11.8. The lowest BCUT2D eigenvalue weighted by Crippen LogP contribution is -2.30. The van der Waals surface area contributed by atoms with E-state index in [0.29, 0.717) is 0 Å². The zero-order valence-electron chi connectivity index (χ0n) is 16.0. The van der Waals surface area contributed by atoms with E-state index in [1.54, 1.807) is 38.1 Å². The predicted octanol–water partition coefficient (Wildman–Crippen LogP) is 3.00. The Morgan fingerprint density at radius 3 is 1.83 bits per heavy atom. The summed E-state index contributed by atoms with van der Waals surface area (Å²) in [6.07, 6.45) is 1.92. The van der Waals surface area contributed by atoms with Crippen molar-refractivity contribution in [1.29, 1.82) is 0 Å². The molecule has 1 aliphatic rings. The van der Waals surface area contributed by atoms with Crippen molar-refractivity contribution in [3.8, 4) is 0 Å². The molecule has 0 heterocycles. The number of nitrogens with zero attached hydrogens (tertiary/aromatic N) is 1. The molecule has 2 aromatic carbocycles. The molecule has 7 nitrogen and oxygen atoms in total. The van der Waals surface area contributed by atoms with Crippen molar-refractivity contribution in [2.24, 2.45) is 4.40 Å². The van der Waals surface area contributed by atoms with Gasteiger partial charge in [0.25, 0.3) is 20.0 Å². The molecule has 0 fully saturated rings. The van der Waals surface area contributed by atoms with E-state index in [0.717, 1.165) is 23.3 Å². The fraction of sp³-hybridized carbons (Fsp3) is 0.100. The summed E-state index contributed by atoms with van der Waals surface area (Å²) in [5.74, 6) is -0.676. The molecule has 2 aromatic rings. The molecule has 1 aliphatic carbocycles. The van der Waals surface area contributed by atoms with Crippen LogP contribution in [0.25, 0.3) is 0 Å². The van der Waals surface area contributed by atoms with E-state index in [4.69, 9.17) is 11.6 Å². The van der Waals surface area contributed by atoms with Crippen LogP contribution in [0.3, 0.4) is 0 Å². The second-order valence-corrected chi connectivity index (χ2v) is 10.3. The minimum absolute atomic E-state index is 0.0529. The summed E-state index contributed by atoms with van der Waals surface area (Å²) >= 11 is 5.84. The molecular formula is C20H17ClN2O5S2. The van der Waals surface area contributed by atoms with Crippen molar-refractivity contribution in [3.05, 3.63) is 82.5 Å². The topological polar surface area (TPSA) is 110 Å². The lowest BCUT2D eigenvalue weighted by Gasteiger charge is -2.15. The van der Waals surface area contributed by atoms with Gasteiger partial charge < -0.3 is 0 Å². The Balaban J connectivity index is 2.03. The maximum atomic E-state index is 12.7. The number of halogens is 1. The van der Waals surface area contributed by atoms with Gasteiger partial charge in [-0.1, -0.05) is 47.0 Å². The molecule has 0 aromatic heterocycles. The highest BCUT2D eigenvalue weighted by Crippen LogP contribution is 2.21. The molecule has 0 saturated carbocycles. The van der Waals surface area contributed by atoms with Gasteiger partial charge in [0.1, 0.15) is 5.71 Å². The van der Waals surface area contributed by atoms with E-state index in [9.17, 15) is 21.6 Å². The minimum atomic E-state index is -4.18. The number of hydrogen-bond acceptors (Lipinski definition) is 5. The van der Waals surface area contributed by atoms with E-state index in [-0.39, 0.29) is 26.2 Å². The average Bonchev–Trinajstić information content (AvgIpc) is 2.66. The summed E-state index contributed by atoms with van der Waals surface area (Å²) in [5.41, 5.74) is 1.14. The summed E-state index contributed by atoms with van der Waals surface area (Å²) in [6.45, 7) is 3.61. The third-order valence-corrected chi connectivity index (χ3v) is 7.14. The summed E-state index contributed by atoms with van der Waals surface area (Å²) < 4.78 is 56.7. The van der Waals surface area contributed by atoms with Gasteiger partial charge in [-0.2, -0.15) is 12.8 Å². The van der Waals surface area contributed by atoms with Crippen LogP contribution in [0, 0.1) is 13.8 Å². The van der Waals surface area contributed by atoms with Gasteiger partial charge in [-0.3, -0.25) is 9.52 Å². The smallest absolute Gasteiger partial charge is 0.282 e. The standard InChI is InChI=1S/C20H17ClN2O5S2/c1-13-3-7-15(8-4-13)29(25,26)22-18-11-17(21)20(24)12-19(18)23-30(27,28)16-9-5-14(2)6-10-16/h3-12,23H,1-2H3/b22-18+. The highest BCUT2D eigenvalue weighted by atomic mass is 35.5. The van der Waals surface area contributed by atoms with Crippen LogP contribution in [0.4, 0.5) is 0 Å². The summed E-state index contributed by atoms with van der Waals surface area (Å²) in [7, 11) is -8.27. The zero-order valence-corrected chi connectivity index (χ0v) is 18.3. The van der Waals surface area contributed by atoms with Crippen molar-refractivity contribution in [2.75, 3.05) is 0 Å². The quantitative estimate of drug-likeness (QED) is 0.684. The van der Waals surface area contributed by atoms with Gasteiger partial charge in [-0.25, -0.2) is 8.42 Å². The lowest BCUT2D eigenvalue weighted by atomic mass is 10.1. The van der Waals surface area contributed by atoms with Gasteiger partial charge >= 0.3 is 0 Å². The molecular weight excluding hydrogens is 448 g/mol. The van der Waals surface area contributed by atoms with Crippen LogP contribution in [0.1, 0.15) is 11.1 Å². The van der Waals surface area contributed by atoms with Gasteiger partial charge in [0.15, 0.2) is 5.78 Å². The van der Waals surface area contributed by atoms with Crippen molar-refractivity contribution >= 4 is 43.1 Å². The molecule has 0 radical (unpaired) electrons. The van der Waals surface area contributed by atoms with E-state index < -0.39 is 25.8 Å². The number of aryl methyl sites for hydroxylation is 2. The van der Waals surface area contributed by atoms with Crippen LogP contribution < -0.4 is 4.72 Å². The zero-order chi connectivity index (χ0) is 22.1. The average molecular weight is 465 g/mol. The Kier molecular flexibility index (Phi) is 5.98. The normalized spacial score (nSPS) is 16.2. The number of carbonyl (C=O) groups excluding carboxylic acids is 1. The lowest BCUT2D eigenvalue weighted by molar-refractivity contribution is -0.110. The van der Waals surface area contributed by atoms with Crippen LogP contribution in [-0.2, 0) is 24.8 Å². The van der Waals surface area contributed by atoms with E-state index >= 15 is 0 Å². The molecule has 0 aliphatic heterocycles. The Morgan fingerprint density at radius 1 is 0.800 bits per heavy atom. The van der Waals surface area contributed by atoms with Gasteiger partial charge in [0.05, 0.1) is 20.5 Å². The van der Waals surface area contributed by atoms with Crippen LogP contribution in [-0.4, -0.2) is 28.3 Å². The Labute approximate surface area is 179 Å². The molecule has 10 heteroatoms. The SMILES string of the molecule is Cc1ccc(S(=O)(=O)/N=C2\C=C(Cl)C(=O)C=C2NS(=O)(=O)c2ccc(C)cc2)cc1. The highest BCUT2D eigenvalue weighted by molar-refractivity contribution is 7.90. The Bertz CT molecular complexity index is 1310. The number of nitrogens with one attached hydrogen (secondary N) is 1. The van der Waals surface area contributed by atoms with Crippen molar-refractivity contribution < 1.29 is 21.6 Å². The fourth-order valence-electron chi connectivity index (χ4n) is 2.51. The van der Waals surface area contributed by atoms with Crippen molar-refractivity contribution in [1.82, 2.24) is 4.72 Å². The first-order valence-corrected chi connectivity index (χ1v) is 11.9. The van der Waals surface area contributed by atoms with E-state index in [1.165, 1.54) is 24.3 Å². The van der Waals surface area contributed by atoms with Crippen LogP contribution in [0.5, 0.6) is 0 Å². The van der Waals surface area contributed by atoms with Crippen molar-refractivity contribution in [3.63, 3.8) is 0 Å². The van der Waals surface area contributed by atoms with Gasteiger partial charge in [-0.05, 0) is 44.2 Å². The molecule has 0 amide bonds. The first-order valence-electron chi connectivity index (χ1n) is 8.63. The minimum Gasteiger partial charge on any atom is -0.288 e. The number of benzene rings is 2. The molecule has 1 N–H and O–H groups in total. The van der Waals surface area contributed by atoms with Crippen molar-refractivity contribution in [2.45, 2.75) is 23.6 Å². The summed E-state index contributed by atoms with van der Waals surface area (Å²) in [6, 6.07) is 12.0. The third-order valence-electron chi connectivity index (χ3n) is 4.16. The molecule has 0 saturated heterocycles. The van der Waals surface area contributed by atoms with Gasteiger partial charge in [0.2, 0.25) is 0 Å². The Hall–Kier alpha value is -2.75. The van der Waals surface area contributed by atoms with Crippen LogP contribution >= 0.6 is 11.6 Å². The molecule has 0 unspecified atom stereocenters. The molecule has 0 atom stereocenters. The molecule has 0 spiro atoms. The van der Waals surface area contributed by atoms with E-state index in [1.807, 2.05) is 0 Å². The molecule has 0 bridgehead atoms. The number of ketones is 1. The number of rotatable bonds is 5. The van der Waals surface area contributed by atoms with Gasteiger partial charge in [0, 0.05) is 6.08 Å². The first-order chi connectivity index (χ1) is 14.0. The number of carbonyl (C=O) groups is 1.